The van der Waals surface area contributed by atoms with Crippen molar-refractivity contribution in [1.29, 1.82) is 0 Å². The number of rotatable bonds is 7. The van der Waals surface area contributed by atoms with Crippen LogP contribution in [0.3, 0.4) is 0 Å². The van der Waals surface area contributed by atoms with Crippen LogP contribution in [0.4, 0.5) is 4.79 Å². The minimum Gasteiger partial charge on any atom is -0.481 e. The van der Waals surface area contributed by atoms with E-state index in [1.54, 1.807) is 18.1 Å². The van der Waals surface area contributed by atoms with Gasteiger partial charge in [-0.05, 0) is 32.4 Å². The number of aliphatic carboxylic acids is 1. The van der Waals surface area contributed by atoms with E-state index >= 15 is 0 Å². The fraction of sp³-hybridized carbons (Fsp3) is 0.533. The largest absolute Gasteiger partial charge is 0.481 e. The Morgan fingerprint density at radius 1 is 1.38 bits per heavy atom. The minimum absolute atomic E-state index is 0.0327. The summed E-state index contributed by atoms with van der Waals surface area (Å²) in [6.07, 6.45) is 2.83. The monoisotopic (exact) mass is 293 g/mol. The molecule has 1 heterocycles. The van der Waals surface area contributed by atoms with Crippen LogP contribution in [0.15, 0.2) is 24.4 Å². The van der Waals surface area contributed by atoms with Crippen LogP contribution in [0, 0.1) is 0 Å². The molecule has 0 bridgehead atoms. The second kappa shape index (κ2) is 7.61. The highest BCUT2D eigenvalue weighted by molar-refractivity contribution is 5.75. The van der Waals surface area contributed by atoms with Crippen molar-refractivity contribution < 1.29 is 14.7 Å². The van der Waals surface area contributed by atoms with Crippen LogP contribution in [-0.4, -0.2) is 46.1 Å². The quantitative estimate of drug-likeness (QED) is 0.804. The lowest BCUT2D eigenvalue weighted by Crippen LogP contribution is -2.49. The molecule has 0 spiro atoms. The molecule has 0 aliphatic heterocycles. The molecule has 1 rings (SSSR count). The maximum absolute atomic E-state index is 12.1. The van der Waals surface area contributed by atoms with Crippen molar-refractivity contribution >= 4 is 12.0 Å². The number of likely N-dealkylation sites (N-methyl/N-ethyl adjacent to an activating group) is 1. The van der Waals surface area contributed by atoms with Gasteiger partial charge in [0.2, 0.25) is 0 Å². The molecule has 2 amide bonds. The molecule has 1 aromatic heterocycles. The predicted molar refractivity (Wildman–Crippen MR) is 80.1 cm³/mol. The third-order valence-corrected chi connectivity index (χ3v) is 3.19. The molecule has 0 saturated carbocycles. The molecule has 2 N–H and O–H groups in total. The zero-order valence-electron chi connectivity index (χ0n) is 12.8. The lowest BCUT2D eigenvalue weighted by atomic mass is 9.99. The van der Waals surface area contributed by atoms with E-state index in [1.165, 1.54) is 0 Å². The first-order valence-corrected chi connectivity index (χ1v) is 6.95. The van der Waals surface area contributed by atoms with Gasteiger partial charge >= 0.3 is 12.0 Å². The summed E-state index contributed by atoms with van der Waals surface area (Å²) >= 11 is 0. The van der Waals surface area contributed by atoms with Gasteiger partial charge in [0.1, 0.15) is 0 Å². The topological polar surface area (TPSA) is 82.5 Å². The average molecular weight is 293 g/mol. The number of carboxylic acid groups (broad SMARTS) is 1. The first kappa shape index (κ1) is 16.9. The van der Waals surface area contributed by atoms with Gasteiger partial charge in [0.25, 0.3) is 0 Å². The molecule has 0 aromatic carbocycles. The van der Waals surface area contributed by atoms with E-state index < -0.39 is 11.5 Å². The van der Waals surface area contributed by atoms with Gasteiger partial charge in [0.05, 0.1) is 0 Å². The molecule has 21 heavy (non-hydrogen) atoms. The van der Waals surface area contributed by atoms with Crippen LogP contribution in [0.2, 0.25) is 0 Å². The van der Waals surface area contributed by atoms with Crippen LogP contribution < -0.4 is 5.32 Å². The van der Waals surface area contributed by atoms with Gasteiger partial charge in [0.15, 0.2) is 0 Å². The number of amides is 2. The number of nitrogens with one attached hydrogen (secondary N) is 1. The molecule has 1 aromatic rings. The van der Waals surface area contributed by atoms with E-state index in [2.05, 4.69) is 10.3 Å². The molecule has 6 nitrogen and oxygen atoms in total. The molecule has 0 radical (unpaired) electrons. The van der Waals surface area contributed by atoms with Gasteiger partial charge in [-0.2, -0.15) is 0 Å². The highest BCUT2D eigenvalue weighted by Gasteiger charge is 2.23. The number of carbonyl (C=O) groups excluding carboxylic acids is 1. The van der Waals surface area contributed by atoms with E-state index in [1.807, 2.05) is 32.0 Å². The predicted octanol–water partition coefficient (Wildman–Crippen LogP) is 1.91. The number of hydrogen-bond acceptors (Lipinski definition) is 3. The van der Waals surface area contributed by atoms with Gasteiger partial charge in [-0.25, -0.2) is 4.79 Å². The standard InChI is InChI=1S/C15H23N3O3/c1-15(2,9-7-13(19)20)17-14(21)18(3)11-8-12-6-4-5-10-16-12/h4-6,10H,7-9,11H2,1-3H3,(H,17,21)(H,19,20). The molecular weight excluding hydrogens is 270 g/mol. The summed E-state index contributed by atoms with van der Waals surface area (Å²) in [7, 11) is 1.71. The van der Waals surface area contributed by atoms with E-state index in [4.69, 9.17) is 5.11 Å². The van der Waals surface area contributed by atoms with Crippen LogP contribution in [-0.2, 0) is 11.2 Å². The SMILES string of the molecule is CN(CCc1ccccn1)C(=O)NC(C)(C)CCC(=O)O. The summed E-state index contributed by atoms with van der Waals surface area (Å²) in [6, 6.07) is 5.48. The number of carbonyl (C=O) groups is 2. The Kier molecular flexibility index (Phi) is 6.14. The third kappa shape index (κ3) is 6.74. The van der Waals surface area contributed by atoms with E-state index in [-0.39, 0.29) is 12.5 Å². The third-order valence-electron chi connectivity index (χ3n) is 3.19. The minimum atomic E-state index is -0.860. The number of hydrogen-bond donors (Lipinski definition) is 2. The summed E-state index contributed by atoms with van der Waals surface area (Å²) in [5, 5.41) is 11.6. The molecule has 0 atom stereocenters. The number of nitrogens with zero attached hydrogens (tertiary/aromatic N) is 2. The van der Waals surface area contributed by atoms with Gasteiger partial charge in [-0.1, -0.05) is 6.07 Å². The molecule has 116 valence electrons. The molecule has 0 aliphatic rings. The molecule has 0 saturated heterocycles. The Bertz CT molecular complexity index is 474. The Morgan fingerprint density at radius 3 is 2.67 bits per heavy atom. The first-order chi connectivity index (χ1) is 9.80. The molecule has 6 heteroatoms. The van der Waals surface area contributed by atoms with Crippen molar-refractivity contribution in [3.63, 3.8) is 0 Å². The summed E-state index contributed by atoms with van der Waals surface area (Å²) in [6.45, 7) is 4.19. The van der Waals surface area contributed by atoms with Gasteiger partial charge in [-0.15, -0.1) is 0 Å². The lowest BCUT2D eigenvalue weighted by molar-refractivity contribution is -0.137. The Hall–Kier alpha value is -2.11. The van der Waals surface area contributed by atoms with Crippen molar-refractivity contribution in [2.75, 3.05) is 13.6 Å². The molecule has 0 fully saturated rings. The molecular formula is C15H23N3O3. The zero-order chi connectivity index (χ0) is 15.9. The summed E-state index contributed by atoms with van der Waals surface area (Å²) in [5.41, 5.74) is 0.386. The van der Waals surface area contributed by atoms with Crippen molar-refractivity contribution in [3.05, 3.63) is 30.1 Å². The second-order valence-corrected chi connectivity index (χ2v) is 5.70. The summed E-state index contributed by atoms with van der Waals surface area (Å²) in [5.74, 6) is -0.860. The number of urea groups is 1. The fourth-order valence-electron chi connectivity index (χ4n) is 1.80. The maximum atomic E-state index is 12.1. The number of aromatic nitrogens is 1. The van der Waals surface area contributed by atoms with Gasteiger partial charge in [-0.3, -0.25) is 9.78 Å². The van der Waals surface area contributed by atoms with Crippen LogP contribution >= 0.6 is 0 Å². The lowest BCUT2D eigenvalue weighted by Gasteiger charge is -2.29. The molecule has 0 unspecified atom stereocenters. The average Bonchev–Trinajstić information content (AvgIpc) is 2.43. The maximum Gasteiger partial charge on any atom is 0.317 e. The summed E-state index contributed by atoms with van der Waals surface area (Å²) in [4.78, 5) is 28.5. The summed E-state index contributed by atoms with van der Waals surface area (Å²) < 4.78 is 0. The smallest absolute Gasteiger partial charge is 0.317 e. The highest BCUT2D eigenvalue weighted by Crippen LogP contribution is 2.11. The van der Waals surface area contributed by atoms with E-state index in [9.17, 15) is 9.59 Å². The van der Waals surface area contributed by atoms with Crippen molar-refractivity contribution in [3.8, 4) is 0 Å². The first-order valence-electron chi connectivity index (χ1n) is 6.95. The van der Waals surface area contributed by atoms with Crippen LogP contribution in [0.25, 0.3) is 0 Å². The molecule has 0 aliphatic carbocycles. The fourth-order valence-corrected chi connectivity index (χ4v) is 1.80. The van der Waals surface area contributed by atoms with Gasteiger partial charge < -0.3 is 15.3 Å². The normalized spacial score (nSPS) is 11.0. The van der Waals surface area contributed by atoms with Crippen molar-refractivity contribution in [2.24, 2.45) is 0 Å². The van der Waals surface area contributed by atoms with Gasteiger partial charge in [0, 0.05) is 43.9 Å². The van der Waals surface area contributed by atoms with E-state index in [0.29, 0.717) is 19.4 Å². The van der Waals surface area contributed by atoms with Crippen molar-refractivity contribution in [2.45, 2.75) is 38.6 Å². The Balaban J connectivity index is 2.41. The zero-order valence-corrected chi connectivity index (χ0v) is 12.8. The Labute approximate surface area is 125 Å². The highest BCUT2D eigenvalue weighted by atomic mass is 16.4. The second-order valence-electron chi connectivity index (χ2n) is 5.70. The van der Waals surface area contributed by atoms with Crippen LogP contribution in [0.1, 0.15) is 32.4 Å². The number of pyridine rings is 1. The Morgan fingerprint density at radius 2 is 2.10 bits per heavy atom. The van der Waals surface area contributed by atoms with E-state index in [0.717, 1.165) is 5.69 Å². The number of carboxylic acids is 1. The van der Waals surface area contributed by atoms with Crippen molar-refractivity contribution in [1.82, 2.24) is 15.2 Å². The van der Waals surface area contributed by atoms with Crippen LogP contribution in [0.5, 0.6) is 0 Å².